The number of thiophene rings is 1. The van der Waals surface area contributed by atoms with Crippen molar-refractivity contribution < 1.29 is 19.2 Å². The number of esters is 1. The fourth-order valence-electron chi connectivity index (χ4n) is 3.84. The Hall–Kier alpha value is -2.90. The topological polar surface area (TPSA) is 80.4 Å². The van der Waals surface area contributed by atoms with Crippen molar-refractivity contribution in [3.8, 4) is 10.4 Å². The monoisotopic (exact) mass is 424 g/mol. The molecule has 0 bridgehead atoms. The number of amides is 1. The summed E-state index contributed by atoms with van der Waals surface area (Å²) in [6.07, 6.45) is 3.24. The van der Waals surface area contributed by atoms with Crippen molar-refractivity contribution in [1.29, 1.82) is 0 Å². The van der Waals surface area contributed by atoms with Crippen molar-refractivity contribution in [2.45, 2.75) is 38.7 Å². The summed E-state index contributed by atoms with van der Waals surface area (Å²) in [5.74, 6) is -1.20. The van der Waals surface area contributed by atoms with E-state index >= 15 is 0 Å². The zero-order valence-electron chi connectivity index (χ0n) is 17.0. The van der Waals surface area contributed by atoms with Gasteiger partial charge in [-0.15, -0.1) is 11.3 Å². The minimum absolute atomic E-state index is 0.00313. The molecule has 7 heteroatoms. The quantitative estimate of drug-likeness (QED) is 0.235. The van der Waals surface area contributed by atoms with E-state index in [1.807, 2.05) is 18.2 Å². The van der Waals surface area contributed by atoms with E-state index in [0.29, 0.717) is 12.0 Å². The zero-order valence-corrected chi connectivity index (χ0v) is 17.8. The maximum atomic E-state index is 12.5. The molecule has 3 heterocycles. The molecule has 3 aromatic rings. The summed E-state index contributed by atoms with van der Waals surface area (Å²) in [5.41, 5.74) is 5.65. The molecule has 30 heavy (non-hydrogen) atoms. The van der Waals surface area contributed by atoms with Crippen molar-refractivity contribution in [2.24, 2.45) is 0 Å². The first-order valence-corrected chi connectivity index (χ1v) is 11.0. The highest BCUT2D eigenvalue weighted by Crippen LogP contribution is 2.36. The van der Waals surface area contributed by atoms with E-state index in [4.69, 9.17) is 9.57 Å². The Bertz CT molecular complexity index is 1100. The van der Waals surface area contributed by atoms with Gasteiger partial charge >= 0.3 is 5.97 Å². The number of nitrogens with one attached hydrogen (secondary N) is 2. The van der Waals surface area contributed by atoms with Gasteiger partial charge in [0.05, 0.1) is 7.11 Å². The lowest BCUT2D eigenvalue weighted by Gasteiger charge is -2.13. The van der Waals surface area contributed by atoms with Gasteiger partial charge in [-0.25, -0.2) is 10.3 Å². The molecule has 2 N–H and O–H groups in total. The summed E-state index contributed by atoms with van der Waals surface area (Å²) in [4.78, 5) is 34.4. The van der Waals surface area contributed by atoms with Gasteiger partial charge in [0.2, 0.25) is 0 Å². The Morgan fingerprint density at radius 3 is 2.87 bits per heavy atom. The number of hydroxylamine groups is 1. The normalized spacial score (nSPS) is 16.3. The van der Waals surface area contributed by atoms with Gasteiger partial charge in [0, 0.05) is 27.0 Å². The van der Waals surface area contributed by atoms with Gasteiger partial charge in [0.25, 0.3) is 5.91 Å². The number of carbonyl (C=O) groups excluding carboxylic acids is 2. The zero-order chi connectivity index (χ0) is 21.1. The minimum atomic E-state index is -0.612. The first-order chi connectivity index (χ1) is 14.6. The number of aromatic amines is 1. The smallest absolute Gasteiger partial charge is 0.344 e. The van der Waals surface area contributed by atoms with Crippen LogP contribution in [0.25, 0.3) is 26.9 Å². The van der Waals surface area contributed by atoms with Crippen LogP contribution in [-0.2, 0) is 19.2 Å². The van der Waals surface area contributed by atoms with Gasteiger partial charge < -0.3 is 9.72 Å². The summed E-state index contributed by atoms with van der Waals surface area (Å²) in [7, 11) is 1.34. The van der Waals surface area contributed by atoms with Crippen LogP contribution in [-0.4, -0.2) is 30.1 Å². The number of cyclic esters (lactones) is 1. The van der Waals surface area contributed by atoms with E-state index in [1.165, 1.54) is 12.0 Å². The Morgan fingerprint density at radius 2 is 2.13 bits per heavy atom. The number of unbranched alkanes of at least 4 members (excludes halogenated alkanes) is 2. The van der Waals surface area contributed by atoms with Gasteiger partial charge in [0.15, 0.2) is 0 Å². The fraction of sp³-hybridized carbons (Fsp3) is 0.304. The Kier molecular flexibility index (Phi) is 6.01. The van der Waals surface area contributed by atoms with E-state index in [2.05, 4.69) is 41.0 Å². The van der Waals surface area contributed by atoms with Crippen LogP contribution in [0.5, 0.6) is 0 Å². The van der Waals surface area contributed by atoms with Gasteiger partial charge in [-0.05, 0) is 48.1 Å². The Balaban J connectivity index is 1.76. The van der Waals surface area contributed by atoms with Crippen molar-refractivity contribution in [1.82, 2.24) is 10.5 Å². The predicted molar refractivity (Wildman–Crippen MR) is 118 cm³/mol. The molecule has 1 amide bonds. The summed E-state index contributed by atoms with van der Waals surface area (Å²) in [6, 6.07) is 12.3. The summed E-state index contributed by atoms with van der Waals surface area (Å²) >= 11 is 1.69. The van der Waals surface area contributed by atoms with Gasteiger partial charge in [0.1, 0.15) is 11.7 Å². The molecule has 0 spiro atoms. The average Bonchev–Trinajstić information content (AvgIpc) is 3.46. The third kappa shape index (κ3) is 3.91. The number of fused-ring (bicyclic) bond motifs is 1. The molecule has 0 aliphatic carbocycles. The molecule has 0 saturated carbocycles. The van der Waals surface area contributed by atoms with Crippen molar-refractivity contribution in [2.75, 3.05) is 7.11 Å². The highest BCUT2D eigenvalue weighted by atomic mass is 32.1. The lowest BCUT2D eigenvalue weighted by Crippen LogP contribution is -2.26. The number of ether oxygens (including phenoxy) is 1. The molecule has 0 radical (unpaired) electrons. The van der Waals surface area contributed by atoms with Gasteiger partial charge in [-0.3, -0.25) is 9.63 Å². The lowest BCUT2D eigenvalue weighted by atomic mass is 9.97. The molecular formula is C23H24N2O4S. The molecular weight excluding hydrogens is 400 g/mol. The number of carbonyl (C=O) groups is 2. The van der Waals surface area contributed by atoms with Crippen molar-refractivity contribution >= 4 is 39.7 Å². The molecule has 1 aliphatic heterocycles. The maximum absolute atomic E-state index is 12.5. The Labute approximate surface area is 178 Å². The van der Waals surface area contributed by atoms with Crippen LogP contribution in [0.4, 0.5) is 0 Å². The number of benzene rings is 1. The van der Waals surface area contributed by atoms with Crippen LogP contribution in [0, 0.1) is 0 Å². The number of hydrogen-bond acceptors (Lipinski definition) is 5. The minimum Gasteiger partial charge on any atom is -0.454 e. The van der Waals surface area contributed by atoms with Crippen LogP contribution in [0.1, 0.15) is 38.3 Å². The largest absolute Gasteiger partial charge is 0.454 e. The number of H-pyrrole nitrogens is 1. The fourth-order valence-corrected chi connectivity index (χ4v) is 4.57. The predicted octanol–water partition coefficient (Wildman–Crippen LogP) is 4.83. The number of aromatic nitrogens is 1. The average molecular weight is 425 g/mol. The highest BCUT2D eigenvalue weighted by Gasteiger charge is 2.39. The highest BCUT2D eigenvalue weighted by molar-refractivity contribution is 7.13. The van der Waals surface area contributed by atoms with Crippen LogP contribution < -0.4 is 5.48 Å². The molecule has 1 atom stereocenters. The molecule has 0 fully saturated rings. The molecule has 0 saturated heterocycles. The molecule has 1 aromatic carbocycles. The molecule has 2 aromatic heterocycles. The Morgan fingerprint density at radius 1 is 1.27 bits per heavy atom. The SMILES string of the molecule is CCCCCC1OC(=O)C(C(=O)NOC)=C1c1cc2cc(-c3cccs3)ccc2[nH]1. The summed E-state index contributed by atoms with van der Waals surface area (Å²) < 4.78 is 5.59. The maximum Gasteiger partial charge on any atom is 0.344 e. The number of hydrogen-bond donors (Lipinski definition) is 2. The van der Waals surface area contributed by atoms with Crippen molar-refractivity contribution in [3.05, 3.63) is 53.0 Å². The first-order valence-electron chi connectivity index (χ1n) is 10.1. The van der Waals surface area contributed by atoms with Gasteiger partial charge in [-0.1, -0.05) is 31.9 Å². The second-order valence-electron chi connectivity index (χ2n) is 7.28. The van der Waals surface area contributed by atoms with E-state index in [-0.39, 0.29) is 5.57 Å². The lowest BCUT2D eigenvalue weighted by molar-refractivity contribution is -0.142. The summed E-state index contributed by atoms with van der Waals surface area (Å²) in [6.45, 7) is 2.12. The van der Waals surface area contributed by atoms with E-state index in [1.54, 1.807) is 11.3 Å². The molecule has 6 nitrogen and oxygen atoms in total. The first kappa shape index (κ1) is 20.4. The number of rotatable bonds is 8. The summed E-state index contributed by atoms with van der Waals surface area (Å²) in [5, 5.41) is 3.07. The van der Waals surface area contributed by atoms with Crippen LogP contribution in [0.2, 0.25) is 0 Å². The third-order valence-electron chi connectivity index (χ3n) is 5.25. The molecule has 1 unspecified atom stereocenters. The molecule has 156 valence electrons. The molecule has 1 aliphatic rings. The van der Waals surface area contributed by atoms with Gasteiger partial charge in [-0.2, -0.15) is 0 Å². The standard InChI is InChI=1S/C23H24N2O4S/c1-3-4-5-7-18-20(21(23(27)29-18)22(26)25-28-2)17-13-15-12-14(9-10-16(15)24-17)19-8-6-11-30-19/h6,8-13,18,24H,3-5,7H2,1-2H3,(H,25,26). The third-order valence-corrected chi connectivity index (χ3v) is 6.17. The van der Waals surface area contributed by atoms with Crippen LogP contribution >= 0.6 is 11.3 Å². The second-order valence-corrected chi connectivity index (χ2v) is 8.22. The second kappa shape index (κ2) is 8.85. The van der Waals surface area contributed by atoms with E-state index < -0.39 is 18.0 Å². The van der Waals surface area contributed by atoms with E-state index in [0.717, 1.165) is 41.4 Å². The van der Waals surface area contributed by atoms with E-state index in [9.17, 15) is 9.59 Å². The van der Waals surface area contributed by atoms with Crippen LogP contribution in [0.15, 0.2) is 47.4 Å². The van der Waals surface area contributed by atoms with Crippen molar-refractivity contribution in [3.63, 3.8) is 0 Å². The van der Waals surface area contributed by atoms with Crippen LogP contribution in [0.3, 0.4) is 0 Å². The molecule has 4 rings (SSSR count).